The van der Waals surface area contributed by atoms with Gasteiger partial charge in [-0.05, 0) is 37.5 Å². The van der Waals surface area contributed by atoms with Crippen molar-refractivity contribution in [1.82, 2.24) is 10.2 Å². The summed E-state index contributed by atoms with van der Waals surface area (Å²) in [4.78, 5) is 26.3. The molecular formula is C16H17ClN2O3. The van der Waals surface area contributed by atoms with Gasteiger partial charge in [0.05, 0.1) is 18.7 Å². The molecule has 1 aliphatic heterocycles. The van der Waals surface area contributed by atoms with Crippen molar-refractivity contribution in [2.45, 2.75) is 31.8 Å². The van der Waals surface area contributed by atoms with Crippen molar-refractivity contribution in [2.75, 3.05) is 7.11 Å². The first-order chi connectivity index (χ1) is 10.5. The van der Waals surface area contributed by atoms with Crippen LogP contribution in [0.1, 0.15) is 31.4 Å². The van der Waals surface area contributed by atoms with E-state index in [0.717, 1.165) is 18.4 Å². The molecule has 2 aliphatic rings. The molecule has 0 radical (unpaired) electrons. The van der Waals surface area contributed by atoms with Crippen LogP contribution >= 0.6 is 11.6 Å². The molecule has 3 rings (SSSR count). The van der Waals surface area contributed by atoms with Crippen LogP contribution in [0.4, 0.5) is 4.79 Å². The number of benzene rings is 1. The number of hydrogen-bond donors (Lipinski definition) is 1. The maximum absolute atomic E-state index is 12.4. The number of nitrogens with one attached hydrogen (secondary N) is 1. The van der Waals surface area contributed by atoms with Gasteiger partial charge in [-0.3, -0.25) is 4.90 Å². The van der Waals surface area contributed by atoms with E-state index in [4.69, 9.17) is 16.3 Å². The SMILES string of the molecule is COC(=O)C1=C(C)N(C2CC2)C(=O)N[C@@H]1c1ccc(Cl)cc1. The number of amides is 2. The Kier molecular flexibility index (Phi) is 3.83. The normalized spacial score (nSPS) is 21.7. The zero-order valence-electron chi connectivity index (χ0n) is 12.4. The Morgan fingerprint density at radius 3 is 2.50 bits per heavy atom. The predicted octanol–water partition coefficient (Wildman–Crippen LogP) is 3.02. The van der Waals surface area contributed by atoms with Gasteiger partial charge in [-0.1, -0.05) is 23.7 Å². The highest BCUT2D eigenvalue weighted by molar-refractivity contribution is 6.30. The Balaban J connectivity index is 2.06. The van der Waals surface area contributed by atoms with Crippen LogP contribution in [0.15, 0.2) is 35.5 Å². The third-order valence-electron chi connectivity index (χ3n) is 4.05. The van der Waals surface area contributed by atoms with Crippen LogP contribution in [-0.2, 0) is 9.53 Å². The molecule has 1 aromatic carbocycles. The molecule has 0 saturated heterocycles. The summed E-state index contributed by atoms with van der Waals surface area (Å²) >= 11 is 5.91. The quantitative estimate of drug-likeness (QED) is 0.871. The molecule has 1 heterocycles. The van der Waals surface area contributed by atoms with Gasteiger partial charge >= 0.3 is 12.0 Å². The number of methoxy groups -OCH3 is 1. The van der Waals surface area contributed by atoms with Gasteiger partial charge in [0.2, 0.25) is 0 Å². The molecule has 0 aromatic heterocycles. The summed E-state index contributed by atoms with van der Waals surface area (Å²) in [5.41, 5.74) is 1.93. The fourth-order valence-corrected chi connectivity index (χ4v) is 2.94. The average molecular weight is 321 g/mol. The number of rotatable bonds is 3. The molecule has 6 heteroatoms. The molecule has 22 heavy (non-hydrogen) atoms. The summed E-state index contributed by atoms with van der Waals surface area (Å²) in [5, 5.41) is 3.51. The Morgan fingerprint density at radius 2 is 1.95 bits per heavy atom. The second kappa shape index (κ2) is 5.65. The van der Waals surface area contributed by atoms with E-state index in [2.05, 4.69) is 5.32 Å². The zero-order valence-corrected chi connectivity index (χ0v) is 13.2. The summed E-state index contributed by atoms with van der Waals surface area (Å²) in [5.74, 6) is -0.428. The van der Waals surface area contributed by atoms with Crippen LogP contribution < -0.4 is 5.32 Å². The van der Waals surface area contributed by atoms with E-state index in [1.165, 1.54) is 7.11 Å². The molecule has 1 N–H and O–H groups in total. The highest BCUT2D eigenvalue weighted by Gasteiger charge is 2.42. The van der Waals surface area contributed by atoms with Gasteiger partial charge in [-0.15, -0.1) is 0 Å². The number of urea groups is 1. The van der Waals surface area contributed by atoms with Gasteiger partial charge in [0.15, 0.2) is 0 Å². The van der Waals surface area contributed by atoms with Gasteiger partial charge in [-0.25, -0.2) is 9.59 Å². The summed E-state index contributed by atoms with van der Waals surface area (Å²) in [7, 11) is 1.35. The van der Waals surface area contributed by atoms with Crippen LogP contribution in [0.2, 0.25) is 5.02 Å². The van der Waals surface area contributed by atoms with E-state index in [1.807, 2.05) is 0 Å². The first-order valence-corrected chi connectivity index (χ1v) is 7.55. The van der Waals surface area contributed by atoms with Gasteiger partial charge in [0.1, 0.15) is 0 Å². The van der Waals surface area contributed by atoms with Gasteiger partial charge < -0.3 is 10.1 Å². The fraction of sp³-hybridized carbons (Fsp3) is 0.375. The van der Waals surface area contributed by atoms with Crippen molar-refractivity contribution in [2.24, 2.45) is 0 Å². The predicted molar refractivity (Wildman–Crippen MR) is 82.3 cm³/mol. The smallest absolute Gasteiger partial charge is 0.337 e. The lowest BCUT2D eigenvalue weighted by Crippen LogP contribution is -2.48. The minimum absolute atomic E-state index is 0.174. The lowest BCUT2D eigenvalue weighted by molar-refractivity contribution is -0.136. The molecule has 0 unspecified atom stereocenters. The van der Waals surface area contributed by atoms with Gasteiger partial charge in [0.25, 0.3) is 0 Å². The van der Waals surface area contributed by atoms with E-state index in [0.29, 0.717) is 16.3 Å². The Hall–Kier alpha value is -2.01. The van der Waals surface area contributed by atoms with E-state index >= 15 is 0 Å². The van der Waals surface area contributed by atoms with E-state index in [9.17, 15) is 9.59 Å². The highest BCUT2D eigenvalue weighted by Crippen LogP contribution is 2.37. The Morgan fingerprint density at radius 1 is 1.32 bits per heavy atom. The molecule has 1 atom stereocenters. The van der Waals surface area contributed by atoms with Crippen LogP contribution in [0.3, 0.4) is 0 Å². The lowest BCUT2D eigenvalue weighted by atomic mass is 9.95. The standard InChI is InChI=1S/C16H17ClN2O3/c1-9-13(15(20)22-2)14(10-3-5-11(17)6-4-10)18-16(21)19(9)12-7-8-12/h3-6,12,14H,7-8H2,1-2H3,(H,18,21)/t14-/m1/s1. The maximum atomic E-state index is 12.4. The first-order valence-electron chi connectivity index (χ1n) is 7.17. The second-order valence-corrected chi connectivity index (χ2v) is 5.96. The van der Waals surface area contributed by atoms with Crippen LogP contribution in [-0.4, -0.2) is 30.1 Å². The van der Waals surface area contributed by atoms with Crippen molar-refractivity contribution in [1.29, 1.82) is 0 Å². The minimum atomic E-state index is -0.521. The largest absolute Gasteiger partial charge is 0.466 e. The van der Waals surface area contributed by atoms with Crippen molar-refractivity contribution in [3.63, 3.8) is 0 Å². The first kappa shape index (κ1) is 14.9. The molecule has 1 aliphatic carbocycles. The molecule has 1 saturated carbocycles. The maximum Gasteiger partial charge on any atom is 0.337 e. The van der Waals surface area contributed by atoms with Crippen LogP contribution in [0, 0.1) is 0 Å². The van der Waals surface area contributed by atoms with Crippen molar-refractivity contribution >= 4 is 23.6 Å². The molecule has 0 spiro atoms. The number of carbonyl (C=O) groups is 2. The summed E-state index contributed by atoms with van der Waals surface area (Å²) in [6.07, 6.45) is 1.93. The summed E-state index contributed by atoms with van der Waals surface area (Å²) < 4.78 is 4.92. The lowest BCUT2D eigenvalue weighted by Gasteiger charge is -2.35. The summed E-state index contributed by atoms with van der Waals surface area (Å²) in [6.45, 7) is 1.80. The van der Waals surface area contributed by atoms with E-state index < -0.39 is 12.0 Å². The third kappa shape index (κ3) is 2.57. The molecule has 5 nitrogen and oxygen atoms in total. The average Bonchev–Trinajstić information content (AvgIpc) is 3.31. The van der Waals surface area contributed by atoms with Crippen molar-refractivity contribution < 1.29 is 14.3 Å². The van der Waals surface area contributed by atoms with Gasteiger partial charge in [0, 0.05) is 16.8 Å². The molecule has 116 valence electrons. The molecule has 1 aromatic rings. The number of hydrogen-bond acceptors (Lipinski definition) is 3. The number of halogens is 1. The topological polar surface area (TPSA) is 58.6 Å². The molecular weight excluding hydrogens is 304 g/mol. The van der Waals surface area contributed by atoms with Gasteiger partial charge in [-0.2, -0.15) is 0 Å². The molecule has 2 amide bonds. The number of carbonyl (C=O) groups excluding carboxylic acids is 2. The van der Waals surface area contributed by atoms with Crippen LogP contribution in [0.5, 0.6) is 0 Å². The van der Waals surface area contributed by atoms with Crippen molar-refractivity contribution in [3.8, 4) is 0 Å². The summed E-state index contributed by atoms with van der Waals surface area (Å²) in [6, 6.07) is 6.57. The molecule has 0 bridgehead atoms. The third-order valence-corrected chi connectivity index (χ3v) is 4.30. The number of ether oxygens (including phenoxy) is 1. The monoisotopic (exact) mass is 320 g/mol. The number of esters is 1. The number of nitrogens with zero attached hydrogens (tertiary/aromatic N) is 1. The number of allylic oxidation sites excluding steroid dienone is 1. The zero-order chi connectivity index (χ0) is 15.9. The molecule has 1 fully saturated rings. The Bertz CT molecular complexity index is 650. The second-order valence-electron chi connectivity index (χ2n) is 5.53. The fourth-order valence-electron chi connectivity index (χ4n) is 2.81. The highest BCUT2D eigenvalue weighted by atomic mass is 35.5. The minimum Gasteiger partial charge on any atom is -0.466 e. The van der Waals surface area contributed by atoms with Crippen molar-refractivity contribution in [3.05, 3.63) is 46.1 Å². The Labute approximate surface area is 133 Å². The van der Waals surface area contributed by atoms with E-state index in [1.54, 1.807) is 36.1 Å². The van der Waals surface area contributed by atoms with E-state index in [-0.39, 0.29) is 12.1 Å². The van der Waals surface area contributed by atoms with Crippen LogP contribution in [0.25, 0.3) is 0 Å².